The number of hydrogen-bond acceptors (Lipinski definition) is 1. The highest BCUT2D eigenvalue weighted by atomic mass is 79.9. The smallest absolute Gasteiger partial charge is 0.258 e. The van der Waals surface area contributed by atoms with Gasteiger partial charge in [-0.25, -0.2) is 4.39 Å². The molecule has 0 aliphatic carbocycles. The predicted octanol–water partition coefficient (Wildman–Crippen LogP) is 3.95. The number of nitrogens with zero attached hydrogens (tertiary/aromatic N) is 1. The van der Waals surface area contributed by atoms with Crippen LogP contribution < -0.4 is 5.56 Å². The standard InChI is InChI=1S/C16H11BrFNO/c17-15-9-13(18)6-5-12(15)10-19-8-7-11-3-1-2-4-14(11)16(19)20/h1-9H,10H2. The summed E-state index contributed by atoms with van der Waals surface area (Å²) in [6.45, 7) is 0.407. The fraction of sp³-hybridized carbons (Fsp3) is 0.0625. The SMILES string of the molecule is O=c1c2ccccc2ccn1Cc1ccc(F)cc1Br. The van der Waals surface area contributed by atoms with Gasteiger partial charge in [-0.05, 0) is 35.2 Å². The summed E-state index contributed by atoms with van der Waals surface area (Å²) in [5.74, 6) is -0.300. The normalized spacial score (nSPS) is 10.9. The summed E-state index contributed by atoms with van der Waals surface area (Å²) >= 11 is 3.32. The van der Waals surface area contributed by atoms with Crippen LogP contribution in [-0.2, 0) is 6.54 Å². The van der Waals surface area contributed by atoms with Gasteiger partial charge in [-0.2, -0.15) is 0 Å². The summed E-state index contributed by atoms with van der Waals surface area (Å²) in [4.78, 5) is 12.4. The Balaban J connectivity index is 2.07. The minimum absolute atomic E-state index is 0.0423. The van der Waals surface area contributed by atoms with Crippen molar-refractivity contribution in [3.05, 3.63) is 80.9 Å². The maximum absolute atomic E-state index is 13.1. The van der Waals surface area contributed by atoms with Crippen LogP contribution in [0.5, 0.6) is 0 Å². The fourth-order valence-corrected chi connectivity index (χ4v) is 2.66. The van der Waals surface area contributed by atoms with E-state index in [1.807, 2.05) is 30.3 Å². The van der Waals surface area contributed by atoms with E-state index in [2.05, 4.69) is 15.9 Å². The van der Waals surface area contributed by atoms with Crippen molar-refractivity contribution in [3.63, 3.8) is 0 Å². The Bertz CT molecular complexity index is 841. The molecule has 100 valence electrons. The minimum atomic E-state index is -0.300. The second kappa shape index (κ2) is 5.21. The van der Waals surface area contributed by atoms with Crippen LogP contribution >= 0.6 is 15.9 Å². The van der Waals surface area contributed by atoms with Crippen molar-refractivity contribution >= 4 is 26.7 Å². The van der Waals surface area contributed by atoms with Crippen LogP contribution in [0.25, 0.3) is 10.8 Å². The van der Waals surface area contributed by atoms with Crippen molar-refractivity contribution in [2.24, 2.45) is 0 Å². The molecule has 0 saturated heterocycles. The molecule has 3 aromatic rings. The van der Waals surface area contributed by atoms with Crippen molar-refractivity contribution in [3.8, 4) is 0 Å². The Morgan fingerprint density at radius 3 is 2.70 bits per heavy atom. The Labute approximate surface area is 123 Å². The molecule has 0 radical (unpaired) electrons. The quantitative estimate of drug-likeness (QED) is 0.696. The van der Waals surface area contributed by atoms with Gasteiger partial charge in [-0.15, -0.1) is 0 Å². The third-order valence-corrected chi connectivity index (χ3v) is 3.98. The molecule has 0 unspecified atom stereocenters. The van der Waals surface area contributed by atoms with E-state index in [9.17, 15) is 9.18 Å². The van der Waals surface area contributed by atoms with Crippen LogP contribution in [0.3, 0.4) is 0 Å². The largest absolute Gasteiger partial charge is 0.311 e. The molecule has 1 aromatic heterocycles. The summed E-state index contributed by atoms with van der Waals surface area (Å²) in [5.41, 5.74) is 0.822. The van der Waals surface area contributed by atoms with Crippen LogP contribution in [0.2, 0.25) is 0 Å². The lowest BCUT2D eigenvalue weighted by atomic mass is 10.1. The van der Waals surface area contributed by atoms with Gasteiger partial charge in [0.15, 0.2) is 0 Å². The predicted molar refractivity (Wildman–Crippen MR) is 81.4 cm³/mol. The zero-order chi connectivity index (χ0) is 14.1. The van der Waals surface area contributed by atoms with Crippen molar-refractivity contribution in [2.45, 2.75) is 6.54 Å². The van der Waals surface area contributed by atoms with Crippen molar-refractivity contribution in [2.75, 3.05) is 0 Å². The lowest BCUT2D eigenvalue weighted by Gasteiger charge is -2.09. The molecule has 2 aromatic carbocycles. The molecule has 0 bridgehead atoms. The average molecular weight is 332 g/mol. The van der Waals surface area contributed by atoms with E-state index in [-0.39, 0.29) is 11.4 Å². The Morgan fingerprint density at radius 1 is 1.10 bits per heavy atom. The maximum atomic E-state index is 13.1. The first kappa shape index (κ1) is 13.1. The number of aromatic nitrogens is 1. The van der Waals surface area contributed by atoms with Crippen LogP contribution in [0.15, 0.2) is 64.0 Å². The number of hydrogen-bond donors (Lipinski definition) is 0. The van der Waals surface area contributed by atoms with Crippen molar-refractivity contribution in [1.82, 2.24) is 4.57 Å². The number of fused-ring (bicyclic) bond motifs is 1. The maximum Gasteiger partial charge on any atom is 0.258 e. The Morgan fingerprint density at radius 2 is 1.90 bits per heavy atom. The highest BCUT2D eigenvalue weighted by molar-refractivity contribution is 9.10. The van der Waals surface area contributed by atoms with Gasteiger partial charge in [0, 0.05) is 16.1 Å². The van der Waals surface area contributed by atoms with Crippen LogP contribution in [0.1, 0.15) is 5.56 Å². The topological polar surface area (TPSA) is 22.0 Å². The molecule has 0 aliphatic heterocycles. The number of pyridine rings is 1. The Kier molecular flexibility index (Phi) is 3.40. The lowest BCUT2D eigenvalue weighted by molar-refractivity contribution is 0.625. The number of halogens is 2. The summed E-state index contributed by atoms with van der Waals surface area (Å²) in [7, 11) is 0. The molecule has 1 heterocycles. The molecule has 0 aliphatic rings. The van der Waals surface area contributed by atoms with Gasteiger partial charge in [0.1, 0.15) is 5.82 Å². The monoisotopic (exact) mass is 331 g/mol. The summed E-state index contributed by atoms with van der Waals surface area (Å²) in [6.07, 6.45) is 1.76. The first-order valence-corrected chi connectivity index (χ1v) is 6.96. The molecule has 0 spiro atoms. The second-order valence-corrected chi connectivity index (χ2v) is 5.43. The summed E-state index contributed by atoms with van der Waals surface area (Å²) in [5, 5.41) is 1.61. The van der Waals surface area contributed by atoms with E-state index in [1.54, 1.807) is 16.8 Å². The lowest BCUT2D eigenvalue weighted by Crippen LogP contribution is -2.20. The molecule has 20 heavy (non-hydrogen) atoms. The van der Waals surface area contributed by atoms with E-state index >= 15 is 0 Å². The van der Waals surface area contributed by atoms with Crippen LogP contribution in [0, 0.1) is 5.82 Å². The fourth-order valence-electron chi connectivity index (χ4n) is 2.19. The van der Waals surface area contributed by atoms with Gasteiger partial charge in [0.2, 0.25) is 0 Å². The number of rotatable bonds is 2. The van der Waals surface area contributed by atoms with Crippen molar-refractivity contribution in [1.29, 1.82) is 0 Å². The average Bonchev–Trinajstić information content (AvgIpc) is 2.45. The molecule has 0 N–H and O–H groups in total. The zero-order valence-corrected chi connectivity index (χ0v) is 12.1. The zero-order valence-electron chi connectivity index (χ0n) is 10.5. The molecule has 0 atom stereocenters. The molecule has 4 heteroatoms. The summed E-state index contributed by atoms with van der Waals surface area (Å²) < 4.78 is 15.4. The van der Waals surface area contributed by atoms with Gasteiger partial charge in [0.25, 0.3) is 5.56 Å². The second-order valence-electron chi connectivity index (χ2n) is 4.57. The first-order chi connectivity index (χ1) is 9.65. The molecule has 2 nitrogen and oxygen atoms in total. The third-order valence-electron chi connectivity index (χ3n) is 3.24. The van der Waals surface area contributed by atoms with E-state index in [0.717, 1.165) is 10.9 Å². The summed E-state index contributed by atoms with van der Waals surface area (Å²) in [6, 6.07) is 13.9. The molecular weight excluding hydrogens is 321 g/mol. The van der Waals surface area contributed by atoms with Gasteiger partial charge in [0.05, 0.1) is 6.54 Å². The third kappa shape index (κ3) is 2.39. The Hall–Kier alpha value is -1.94. The molecule has 3 rings (SSSR count). The van der Waals surface area contributed by atoms with E-state index in [4.69, 9.17) is 0 Å². The van der Waals surface area contributed by atoms with E-state index in [0.29, 0.717) is 16.4 Å². The van der Waals surface area contributed by atoms with E-state index in [1.165, 1.54) is 12.1 Å². The minimum Gasteiger partial charge on any atom is -0.311 e. The highest BCUT2D eigenvalue weighted by Crippen LogP contribution is 2.19. The molecular formula is C16H11BrFNO. The van der Waals surface area contributed by atoms with Gasteiger partial charge in [-0.3, -0.25) is 4.79 Å². The first-order valence-electron chi connectivity index (χ1n) is 6.17. The molecule has 0 amide bonds. The van der Waals surface area contributed by atoms with Gasteiger partial charge >= 0.3 is 0 Å². The highest BCUT2D eigenvalue weighted by Gasteiger charge is 2.06. The van der Waals surface area contributed by atoms with Gasteiger partial charge < -0.3 is 4.57 Å². The number of benzene rings is 2. The van der Waals surface area contributed by atoms with Crippen LogP contribution in [-0.4, -0.2) is 4.57 Å². The van der Waals surface area contributed by atoms with E-state index < -0.39 is 0 Å². The molecule has 0 fully saturated rings. The van der Waals surface area contributed by atoms with Crippen LogP contribution in [0.4, 0.5) is 4.39 Å². The van der Waals surface area contributed by atoms with Crippen molar-refractivity contribution < 1.29 is 4.39 Å². The van der Waals surface area contributed by atoms with Gasteiger partial charge in [-0.1, -0.05) is 40.2 Å². The molecule has 0 saturated carbocycles.